The number of rotatable bonds is 5. The molecule has 0 aliphatic rings. The van der Waals surface area contributed by atoms with Crippen molar-refractivity contribution in [3.8, 4) is 5.75 Å². The second-order valence-electron chi connectivity index (χ2n) is 4.00. The highest BCUT2D eigenvalue weighted by atomic mass is 16.5. The van der Waals surface area contributed by atoms with Crippen molar-refractivity contribution in [2.45, 2.75) is 26.8 Å². The number of ether oxygens (including phenoxy) is 1. The van der Waals surface area contributed by atoms with Crippen LogP contribution >= 0.6 is 0 Å². The molecule has 3 heteroatoms. The van der Waals surface area contributed by atoms with Gasteiger partial charge in [0.15, 0.2) is 0 Å². The van der Waals surface area contributed by atoms with Crippen LogP contribution in [0, 0.1) is 0 Å². The summed E-state index contributed by atoms with van der Waals surface area (Å²) in [6.45, 7) is 5.99. The van der Waals surface area contributed by atoms with E-state index in [4.69, 9.17) is 9.15 Å². The van der Waals surface area contributed by atoms with E-state index in [1.54, 1.807) is 7.11 Å². The zero-order valence-electron chi connectivity index (χ0n) is 10.7. The van der Waals surface area contributed by atoms with Gasteiger partial charge < -0.3 is 14.5 Å². The third-order valence-electron chi connectivity index (χ3n) is 2.97. The van der Waals surface area contributed by atoms with Gasteiger partial charge in [-0.15, -0.1) is 0 Å². The van der Waals surface area contributed by atoms with Crippen LogP contribution in [0.4, 0.5) is 0 Å². The largest absolute Gasteiger partial charge is 0.497 e. The molecule has 1 N–H and O–H groups in total. The monoisotopic (exact) mass is 233 g/mol. The number of fused-ring (bicyclic) bond motifs is 1. The fourth-order valence-electron chi connectivity index (χ4n) is 2.08. The van der Waals surface area contributed by atoms with Crippen molar-refractivity contribution in [1.82, 2.24) is 5.32 Å². The molecule has 2 rings (SSSR count). The van der Waals surface area contributed by atoms with E-state index in [-0.39, 0.29) is 0 Å². The lowest BCUT2D eigenvalue weighted by Crippen LogP contribution is -2.12. The zero-order chi connectivity index (χ0) is 12.3. The maximum Gasteiger partial charge on any atom is 0.138 e. The molecule has 0 aliphatic carbocycles. The van der Waals surface area contributed by atoms with Crippen LogP contribution in [0.5, 0.6) is 5.75 Å². The minimum Gasteiger partial charge on any atom is -0.497 e. The van der Waals surface area contributed by atoms with Crippen molar-refractivity contribution >= 4 is 11.0 Å². The van der Waals surface area contributed by atoms with Gasteiger partial charge in [0.2, 0.25) is 0 Å². The normalized spacial score (nSPS) is 11.0. The van der Waals surface area contributed by atoms with Crippen LogP contribution in [0.15, 0.2) is 22.6 Å². The van der Waals surface area contributed by atoms with Gasteiger partial charge in [0, 0.05) is 17.0 Å². The predicted octanol–water partition coefficient (Wildman–Crippen LogP) is 3.11. The molecule has 0 aliphatic heterocycles. The van der Waals surface area contributed by atoms with Gasteiger partial charge in [-0.3, -0.25) is 0 Å². The number of hydrogen-bond donors (Lipinski definition) is 1. The lowest BCUT2D eigenvalue weighted by molar-refractivity contribution is 0.414. The second-order valence-corrected chi connectivity index (χ2v) is 4.00. The van der Waals surface area contributed by atoms with E-state index in [1.165, 1.54) is 10.9 Å². The molecule has 0 radical (unpaired) electrons. The first-order valence-corrected chi connectivity index (χ1v) is 6.09. The summed E-state index contributed by atoms with van der Waals surface area (Å²) in [5.74, 6) is 1.88. The molecular formula is C14H19NO2. The van der Waals surface area contributed by atoms with Crippen LogP contribution in [0.1, 0.15) is 25.2 Å². The summed E-state index contributed by atoms with van der Waals surface area (Å²) in [4.78, 5) is 0. The van der Waals surface area contributed by atoms with Crippen LogP contribution in [0.2, 0.25) is 0 Å². The van der Waals surface area contributed by atoms with Crippen LogP contribution < -0.4 is 10.1 Å². The molecule has 3 nitrogen and oxygen atoms in total. The highest BCUT2D eigenvalue weighted by molar-refractivity contribution is 5.83. The maximum absolute atomic E-state index is 5.89. The Morgan fingerprint density at radius 3 is 2.76 bits per heavy atom. The Kier molecular flexibility index (Phi) is 3.69. The van der Waals surface area contributed by atoms with E-state index < -0.39 is 0 Å². The molecule has 17 heavy (non-hydrogen) atoms. The molecule has 0 amide bonds. The quantitative estimate of drug-likeness (QED) is 0.861. The van der Waals surface area contributed by atoms with E-state index in [0.717, 1.165) is 36.6 Å². The third-order valence-corrected chi connectivity index (χ3v) is 2.97. The number of nitrogens with one attached hydrogen (secondary N) is 1. The number of methoxy groups -OCH3 is 1. The van der Waals surface area contributed by atoms with Crippen molar-refractivity contribution in [1.29, 1.82) is 0 Å². The molecule has 0 atom stereocenters. The molecule has 1 heterocycles. The summed E-state index contributed by atoms with van der Waals surface area (Å²) in [6.07, 6.45) is 0.986. The fourth-order valence-corrected chi connectivity index (χ4v) is 2.08. The minimum atomic E-state index is 0.788. The van der Waals surface area contributed by atoms with Gasteiger partial charge in [0.05, 0.1) is 13.7 Å². The predicted molar refractivity (Wildman–Crippen MR) is 69.5 cm³/mol. The molecular weight excluding hydrogens is 214 g/mol. The zero-order valence-corrected chi connectivity index (χ0v) is 10.7. The standard InChI is InChI=1S/C14H19NO2/c1-4-11-12-7-6-10(16-3)8-13(12)17-14(11)9-15-5-2/h6-8,15H,4-5,9H2,1-3H3. The Labute approximate surface area is 102 Å². The van der Waals surface area contributed by atoms with E-state index in [2.05, 4.69) is 25.2 Å². The van der Waals surface area contributed by atoms with E-state index in [0.29, 0.717) is 0 Å². The van der Waals surface area contributed by atoms with Gasteiger partial charge in [-0.05, 0) is 25.1 Å². The molecule has 1 aromatic carbocycles. The smallest absolute Gasteiger partial charge is 0.138 e. The third kappa shape index (κ3) is 2.29. The lowest BCUT2D eigenvalue weighted by atomic mass is 10.1. The number of hydrogen-bond acceptors (Lipinski definition) is 3. The Hall–Kier alpha value is -1.48. The average molecular weight is 233 g/mol. The van der Waals surface area contributed by atoms with Crippen molar-refractivity contribution in [2.24, 2.45) is 0 Å². The molecule has 0 unspecified atom stereocenters. The fraction of sp³-hybridized carbons (Fsp3) is 0.429. The molecule has 0 spiro atoms. The van der Waals surface area contributed by atoms with Crippen LogP contribution in [-0.2, 0) is 13.0 Å². The van der Waals surface area contributed by atoms with Crippen molar-refractivity contribution in [2.75, 3.05) is 13.7 Å². The van der Waals surface area contributed by atoms with Crippen LogP contribution in [0.3, 0.4) is 0 Å². The Morgan fingerprint density at radius 1 is 1.29 bits per heavy atom. The highest BCUT2D eigenvalue weighted by Gasteiger charge is 2.12. The molecule has 2 aromatic rings. The summed E-state index contributed by atoms with van der Waals surface area (Å²) in [5, 5.41) is 4.50. The maximum atomic E-state index is 5.89. The Balaban J connectivity index is 2.46. The number of furan rings is 1. The molecule has 0 fully saturated rings. The summed E-state index contributed by atoms with van der Waals surface area (Å²) in [7, 11) is 1.67. The van der Waals surface area contributed by atoms with Crippen LogP contribution in [0.25, 0.3) is 11.0 Å². The van der Waals surface area contributed by atoms with Crippen molar-refractivity contribution in [3.63, 3.8) is 0 Å². The van der Waals surface area contributed by atoms with Gasteiger partial charge in [0.25, 0.3) is 0 Å². The molecule has 0 saturated heterocycles. The van der Waals surface area contributed by atoms with Gasteiger partial charge in [-0.2, -0.15) is 0 Å². The molecule has 1 aromatic heterocycles. The van der Waals surface area contributed by atoms with Gasteiger partial charge in [-0.1, -0.05) is 13.8 Å². The topological polar surface area (TPSA) is 34.4 Å². The molecule has 0 saturated carbocycles. The summed E-state index contributed by atoms with van der Waals surface area (Å²) < 4.78 is 11.1. The number of aryl methyl sites for hydroxylation is 1. The first-order valence-electron chi connectivity index (χ1n) is 6.09. The highest BCUT2D eigenvalue weighted by Crippen LogP contribution is 2.29. The Morgan fingerprint density at radius 2 is 2.12 bits per heavy atom. The van der Waals surface area contributed by atoms with Crippen molar-refractivity contribution < 1.29 is 9.15 Å². The Bertz CT molecular complexity index is 502. The summed E-state index contributed by atoms with van der Waals surface area (Å²) in [6, 6.07) is 6.00. The minimum absolute atomic E-state index is 0.788. The van der Waals surface area contributed by atoms with Gasteiger partial charge in [-0.25, -0.2) is 0 Å². The first kappa shape index (κ1) is 12.0. The average Bonchev–Trinajstić information content (AvgIpc) is 2.72. The summed E-state index contributed by atoms with van der Waals surface area (Å²) in [5.41, 5.74) is 2.21. The van der Waals surface area contributed by atoms with Crippen LogP contribution in [-0.4, -0.2) is 13.7 Å². The van der Waals surface area contributed by atoms with Gasteiger partial charge >= 0.3 is 0 Å². The SMILES string of the molecule is CCNCc1oc2cc(OC)ccc2c1CC. The van der Waals surface area contributed by atoms with E-state index in [1.807, 2.05) is 12.1 Å². The molecule has 0 bridgehead atoms. The van der Waals surface area contributed by atoms with Gasteiger partial charge in [0.1, 0.15) is 17.1 Å². The number of benzene rings is 1. The van der Waals surface area contributed by atoms with E-state index >= 15 is 0 Å². The summed E-state index contributed by atoms with van der Waals surface area (Å²) >= 11 is 0. The first-order chi connectivity index (χ1) is 8.30. The molecule has 92 valence electrons. The lowest BCUT2D eigenvalue weighted by Gasteiger charge is -2.00. The second kappa shape index (κ2) is 5.23. The van der Waals surface area contributed by atoms with Crippen molar-refractivity contribution in [3.05, 3.63) is 29.5 Å². The van der Waals surface area contributed by atoms with E-state index in [9.17, 15) is 0 Å².